The van der Waals surface area contributed by atoms with Crippen molar-refractivity contribution in [2.75, 3.05) is 25.0 Å². The molecule has 0 aliphatic carbocycles. The number of carbonyl (C=O) groups is 1. The van der Waals surface area contributed by atoms with Crippen LogP contribution in [0.15, 0.2) is 47.5 Å². The third-order valence-electron chi connectivity index (χ3n) is 3.81. The van der Waals surface area contributed by atoms with Crippen LogP contribution in [0.5, 0.6) is 0 Å². The van der Waals surface area contributed by atoms with Crippen LogP contribution < -0.4 is 16.0 Å². The number of halogens is 4. The number of rotatable bonds is 8. The molecule has 0 unspecified atom stereocenters. The first kappa shape index (κ1) is 24.7. The quantitative estimate of drug-likeness (QED) is 0.163. The Morgan fingerprint density at radius 1 is 1.00 bits per heavy atom. The molecule has 0 bridgehead atoms. The van der Waals surface area contributed by atoms with E-state index in [2.05, 4.69) is 33.1 Å². The van der Waals surface area contributed by atoms with Gasteiger partial charge in [-0.05, 0) is 37.5 Å². The maximum absolute atomic E-state index is 13.6. The molecule has 0 atom stereocenters. The molecule has 0 saturated carbocycles. The van der Waals surface area contributed by atoms with Crippen LogP contribution in [0.3, 0.4) is 0 Å². The first-order valence-electron chi connectivity index (χ1n) is 9.00. The first-order chi connectivity index (χ1) is 13.5. The number of hydrogen-bond donors (Lipinski definition) is 3. The van der Waals surface area contributed by atoms with Crippen LogP contribution in [0.4, 0.5) is 18.9 Å². The lowest BCUT2D eigenvalue weighted by Crippen LogP contribution is -2.38. The second kappa shape index (κ2) is 13.0. The molecule has 1 amide bonds. The van der Waals surface area contributed by atoms with Crippen molar-refractivity contribution in [3.05, 3.63) is 65.5 Å². The van der Waals surface area contributed by atoms with Crippen LogP contribution in [-0.4, -0.2) is 31.5 Å². The molecule has 2 aromatic rings. The van der Waals surface area contributed by atoms with E-state index < -0.39 is 29.0 Å². The number of nitrogens with one attached hydrogen (secondary N) is 3. The second-order valence-corrected chi connectivity index (χ2v) is 5.98. The predicted molar refractivity (Wildman–Crippen MR) is 119 cm³/mol. The van der Waals surface area contributed by atoms with E-state index in [9.17, 15) is 18.0 Å². The van der Waals surface area contributed by atoms with Gasteiger partial charge in [0.05, 0.1) is 5.69 Å². The van der Waals surface area contributed by atoms with Gasteiger partial charge in [-0.25, -0.2) is 18.2 Å². The highest BCUT2D eigenvalue weighted by molar-refractivity contribution is 14.0. The van der Waals surface area contributed by atoms with Gasteiger partial charge in [-0.15, -0.1) is 24.0 Å². The van der Waals surface area contributed by atoms with Crippen LogP contribution >= 0.6 is 24.0 Å². The van der Waals surface area contributed by atoms with Crippen LogP contribution in [-0.2, 0) is 11.2 Å². The minimum absolute atomic E-state index is 0. The number of benzene rings is 2. The predicted octanol–water partition coefficient (Wildman–Crippen LogP) is 3.85. The number of aliphatic imine (C=N–C) groups is 1. The molecule has 0 aliphatic rings. The molecule has 2 aromatic carbocycles. The number of guanidine groups is 1. The summed E-state index contributed by atoms with van der Waals surface area (Å²) < 4.78 is 39.7. The fourth-order valence-electron chi connectivity index (χ4n) is 2.45. The van der Waals surface area contributed by atoms with Crippen LogP contribution in [0, 0.1) is 17.5 Å². The van der Waals surface area contributed by atoms with Gasteiger partial charge in [0.1, 0.15) is 6.54 Å². The van der Waals surface area contributed by atoms with Gasteiger partial charge in [0.25, 0.3) is 0 Å². The lowest BCUT2D eigenvalue weighted by Gasteiger charge is -2.11. The maximum Gasteiger partial charge on any atom is 0.246 e. The molecular weight excluding hydrogens is 496 g/mol. The zero-order chi connectivity index (χ0) is 20.4. The highest BCUT2D eigenvalue weighted by Crippen LogP contribution is 2.19. The molecule has 29 heavy (non-hydrogen) atoms. The van der Waals surface area contributed by atoms with Crippen molar-refractivity contribution in [2.45, 2.75) is 19.8 Å². The van der Waals surface area contributed by atoms with E-state index in [0.717, 1.165) is 25.0 Å². The van der Waals surface area contributed by atoms with Gasteiger partial charge in [-0.1, -0.05) is 30.3 Å². The Morgan fingerprint density at radius 3 is 2.41 bits per heavy atom. The van der Waals surface area contributed by atoms with E-state index in [-0.39, 0.29) is 30.5 Å². The molecule has 2 rings (SSSR count). The van der Waals surface area contributed by atoms with Crippen LogP contribution in [0.1, 0.15) is 18.9 Å². The molecular formula is C20H24F3IN4O. The van der Waals surface area contributed by atoms with Crippen molar-refractivity contribution in [1.82, 2.24) is 10.6 Å². The highest BCUT2D eigenvalue weighted by Gasteiger charge is 2.15. The van der Waals surface area contributed by atoms with E-state index in [0.29, 0.717) is 19.0 Å². The Bertz CT molecular complexity index is 819. The van der Waals surface area contributed by atoms with Crippen molar-refractivity contribution in [3.63, 3.8) is 0 Å². The fraction of sp³-hybridized carbons (Fsp3) is 0.300. The van der Waals surface area contributed by atoms with Gasteiger partial charge in [-0.2, -0.15) is 0 Å². The average molecular weight is 520 g/mol. The first-order valence-corrected chi connectivity index (χ1v) is 9.00. The van der Waals surface area contributed by atoms with Gasteiger partial charge < -0.3 is 16.0 Å². The van der Waals surface area contributed by atoms with Gasteiger partial charge in [0, 0.05) is 13.1 Å². The normalized spacial score (nSPS) is 10.8. The monoisotopic (exact) mass is 520 g/mol. The zero-order valence-electron chi connectivity index (χ0n) is 16.0. The fourth-order valence-corrected chi connectivity index (χ4v) is 2.45. The number of nitrogens with zero attached hydrogens (tertiary/aromatic N) is 1. The topological polar surface area (TPSA) is 65.5 Å². The third kappa shape index (κ3) is 8.30. The van der Waals surface area contributed by atoms with Gasteiger partial charge in [-0.3, -0.25) is 4.79 Å². The highest BCUT2D eigenvalue weighted by atomic mass is 127. The molecule has 9 heteroatoms. The Labute approximate surface area is 185 Å². The summed E-state index contributed by atoms with van der Waals surface area (Å²) in [6.45, 7) is 2.84. The lowest BCUT2D eigenvalue weighted by molar-refractivity contribution is -0.114. The summed E-state index contributed by atoms with van der Waals surface area (Å²) in [5.74, 6) is -4.59. The van der Waals surface area contributed by atoms with Crippen molar-refractivity contribution in [1.29, 1.82) is 0 Å². The second-order valence-electron chi connectivity index (χ2n) is 5.98. The summed E-state index contributed by atoms with van der Waals surface area (Å²) in [6, 6.07) is 11.8. The third-order valence-corrected chi connectivity index (χ3v) is 3.81. The SMILES string of the molecule is CCNC(=NCC(=O)Nc1ccc(F)c(F)c1F)NCCCc1ccccc1.I. The number of carbonyl (C=O) groups excluding carboxylic acids is 1. The summed E-state index contributed by atoms with van der Waals surface area (Å²) in [5.41, 5.74) is 0.805. The largest absolute Gasteiger partial charge is 0.357 e. The molecule has 158 valence electrons. The van der Waals surface area contributed by atoms with Crippen molar-refractivity contribution in [3.8, 4) is 0 Å². The summed E-state index contributed by atoms with van der Waals surface area (Å²) in [6.07, 6.45) is 1.78. The van der Waals surface area contributed by atoms with E-state index in [4.69, 9.17) is 0 Å². The number of amides is 1. The smallest absolute Gasteiger partial charge is 0.246 e. The van der Waals surface area contributed by atoms with Crippen LogP contribution in [0.2, 0.25) is 0 Å². The standard InChI is InChI=1S/C20H23F3N4O.HI/c1-2-24-20(25-12-6-9-14-7-4-3-5-8-14)26-13-17(28)27-16-11-10-15(21)18(22)19(16)23;/h3-5,7-8,10-11H,2,6,9,12-13H2,1H3,(H,27,28)(H2,24,25,26);1H. The van der Waals surface area contributed by atoms with Gasteiger partial charge >= 0.3 is 0 Å². The zero-order valence-corrected chi connectivity index (χ0v) is 18.3. The maximum atomic E-state index is 13.6. The number of anilines is 1. The van der Waals surface area contributed by atoms with Crippen molar-refractivity contribution in [2.24, 2.45) is 4.99 Å². The van der Waals surface area contributed by atoms with Crippen molar-refractivity contribution < 1.29 is 18.0 Å². The molecule has 0 radical (unpaired) electrons. The molecule has 0 aliphatic heterocycles. The summed E-state index contributed by atoms with van der Waals surface area (Å²) in [7, 11) is 0. The molecule has 0 aromatic heterocycles. The van der Waals surface area contributed by atoms with Crippen LogP contribution in [0.25, 0.3) is 0 Å². The average Bonchev–Trinajstić information content (AvgIpc) is 2.70. The van der Waals surface area contributed by atoms with Gasteiger partial charge in [0.2, 0.25) is 5.91 Å². The molecule has 0 fully saturated rings. The van der Waals surface area contributed by atoms with Crippen molar-refractivity contribution >= 4 is 41.5 Å². The minimum Gasteiger partial charge on any atom is -0.357 e. The molecule has 0 saturated heterocycles. The van der Waals surface area contributed by atoms with E-state index in [1.54, 1.807) is 0 Å². The van der Waals surface area contributed by atoms with E-state index >= 15 is 0 Å². The summed E-state index contributed by atoms with van der Waals surface area (Å²) in [4.78, 5) is 16.0. The van der Waals surface area contributed by atoms with E-state index in [1.807, 2.05) is 25.1 Å². The Morgan fingerprint density at radius 2 is 1.72 bits per heavy atom. The van der Waals surface area contributed by atoms with Gasteiger partial charge in [0.15, 0.2) is 23.4 Å². The number of hydrogen-bond acceptors (Lipinski definition) is 2. The molecule has 5 nitrogen and oxygen atoms in total. The Hall–Kier alpha value is -2.30. The lowest BCUT2D eigenvalue weighted by atomic mass is 10.1. The summed E-state index contributed by atoms with van der Waals surface area (Å²) >= 11 is 0. The minimum atomic E-state index is -1.63. The Balaban J connectivity index is 0.00000420. The molecule has 0 heterocycles. The molecule has 3 N–H and O–H groups in total. The summed E-state index contributed by atoms with van der Waals surface area (Å²) in [5, 5.41) is 8.30. The number of aryl methyl sites for hydroxylation is 1. The molecule has 0 spiro atoms. The van der Waals surface area contributed by atoms with E-state index in [1.165, 1.54) is 5.56 Å². The Kier molecular flexibility index (Phi) is 11.1.